The van der Waals surface area contributed by atoms with E-state index < -0.39 is 5.41 Å². The van der Waals surface area contributed by atoms with Gasteiger partial charge in [0.05, 0.1) is 5.69 Å². The van der Waals surface area contributed by atoms with Gasteiger partial charge in [0, 0.05) is 24.5 Å². The second-order valence-corrected chi connectivity index (χ2v) is 10.5. The number of nitrogens with two attached hydrogens (primary N) is 1. The van der Waals surface area contributed by atoms with Crippen LogP contribution in [0, 0.1) is 11.2 Å². The molecule has 8 heteroatoms. The van der Waals surface area contributed by atoms with Crippen molar-refractivity contribution in [1.29, 1.82) is 0 Å². The maximum Gasteiger partial charge on any atom is 0.263 e. The van der Waals surface area contributed by atoms with E-state index in [0.29, 0.717) is 22.7 Å². The Labute approximate surface area is 201 Å². The van der Waals surface area contributed by atoms with E-state index in [4.69, 9.17) is 10.7 Å². The summed E-state index contributed by atoms with van der Waals surface area (Å²) in [4.78, 5) is 23.2. The van der Waals surface area contributed by atoms with Crippen molar-refractivity contribution in [3.05, 3.63) is 87.1 Å². The topological polar surface area (TPSA) is 104 Å². The molecule has 35 heavy (non-hydrogen) atoms. The van der Waals surface area contributed by atoms with E-state index in [1.165, 1.54) is 17.2 Å². The smallest absolute Gasteiger partial charge is 0.263 e. The van der Waals surface area contributed by atoms with Gasteiger partial charge in [0.25, 0.3) is 5.56 Å². The summed E-state index contributed by atoms with van der Waals surface area (Å²) < 4.78 is 13.9. The predicted octanol–water partition coefficient (Wildman–Crippen LogP) is 3.71. The molecule has 3 heterocycles. The number of hydrogen-bond donors (Lipinski definition) is 3. The lowest BCUT2D eigenvalue weighted by Gasteiger charge is -2.42. The number of nitrogens with zero attached hydrogens (tertiary/aromatic N) is 3. The molecule has 1 atom stereocenters. The minimum Gasteiger partial charge on any atom is -0.342 e. The van der Waals surface area contributed by atoms with Crippen LogP contribution in [0.3, 0.4) is 0 Å². The number of hydrogen-bond acceptors (Lipinski definition) is 5. The molecular formula is C27H27FN6O. The van der Waals surface area contributed by atoms with Gasteiger partial charge in [-0.2, -0.15) is 10.1 Å². The van der Waals surface area contributed by atoms with Gasteiger partial charge in [-0.05, 0) is 66.3 Å². The number of anilines is 1. The van der Waals surface area contributed by atoms with Crippen LogP contribution in [0.4, 0.5) is 10.3 Å². The molecule has 178 valence electrons. The summed E-state index contributed by atoms with van der Waals surface area (Å²) in [5.74, 6) is 0.281. The monoisotopic (exact) mass is 470 g/mol. The minimum absolute atomic E-state index is 0.0445. The molecule has 2 aromatic heterocycles. The van der Waals surface area contributed by atoms with Crippen LogP contribution < -0.4 is 16.2 Å². The lowest BCUT2D eigenvalue weighted by Crippen LogP contribution is -2.45. The first-order valence-electron chi connectivity index (χ1n) is 12.3. The van der Waals surface area contributed by atoms with Gasteiger partial charge >= 0.3 is 0 Å². The molecule has 1 aliphatic heterocycles. The quantitative estimate of drug-likeness (QED) is 0.424. The molecule has 1 saturated heterocycles. The highest BCUT2D eigenvalue weighted by Crippen LogP contribution is 2.54. The van der Waals surface area contributed by atoms with E-state index in [-0.39, 0.29) is 22.8 Å². The number of fused-ring (bicyclic) bond motifs is 2. The average molecular weight is 471 g/mol. The average Bonchev–Trinajstić information content (AvgIpc) is 3.48. The second-order valence-electron chi connectivity index (χ2n) is 10.5. The number of piperidine rings is 1. The number of aromatic amines is 2. The largest absolute Gasteiger partial charge is 0.342 e. The summed E-state index contributed by atoms with van der Waals surface area (Å²) in [6.45, 7) is 1.56. The van der Waals surface area contributed by atoms with E-state index in [1.807, 2.05) is 6.07 Å². The third kappa shape index (κ3) is 3.02. The summed E-state index contributed by atoms with van der Waals surface area (Å²) in [6, 6.07) is 15.1. The third-order valence-electron chi connectivity index (χ3n) is 8.65. The van der Waals surface area contributed by atoms with Crippen molar-refractivity contribution in [3.8, 4) is 0 Å². The lowest BCUT2D eigenvalue weighted by molar-refractivity contribution is 0.187. The molecule has 7 nitrogen and oxygen atoms in total. The standard InChI is InChI=1S/C27H27FN6O/c28-18-6-3-5-17(14-18)27(8-9-27)22-20-23(33-32-22)30-25(31-24(20)35)34-12-10-26(11-13-34)15-16-4-1-2-7-19(16)21(26)29/h1-7,14,21H,8-13,15,29H2,(H2,30,31,32,33,35)/t21-/m1/s1. The van der Waals surface area contributed by atoms with Crippen molar-refractivity contribution in [2.75, 3.05) is 18.0 Å². The third-order valence-corrected chi connectivity index (χ3v) is 8.65. The molecule has 4 aromatic rings. The number of rotatable bonds is 3. The first-order chi connectivity index (χ1) is 17.0. The first kappa shape index (κ1) is 20.8. The van der Waals surface area contributed by atoms with E-state index in [0.717, 1.165) is 50.8 Å². The minimum atomic E-state index is -0.429. The highest BCUT2D eigenvalue weighted by atomic mass is 19.1. The fourth-order valence-electron chi connectivity index (χ4n) is 6.47. The van der Waals surface area contributed by atoms with Gasteiger partial charge in [-0.3, -0.25) is 14.9 Å². The molecule has 0 unspecified atom stereocenters. The van der Waals surface area contributed by atoms with Gasteiger partial charge < -0.3 is 10.6 Å². The van der Waals surface area contributed by atoms with Crippen LogP contribution in [-0.2, 0) is 11.8 Å². The van der Waals surface area contributed by atoms with Crippen molar-refractivity contribution in [1.82, 2.24) is 20.2 Å². The zero-order valence-electron chi connectivity index (χ0n) is 19.4. The molecular weight excluding hydrogens is 443 g/mol. The summed E-state index contributed by atoms with van der Waals surface area (Å²) in [5.41, 5.74) is 10.8. The molecule has 0 bridgehead atoms. The van der Waals surface area contributed by atoms with Gasteiger partial charge in [-0.1, -0.05) is 36.4 Å². The maximum atomic E-state index is 13.9. The van der Waals surface area contributed by atoms with E-state index in [2.05, 4.69) is 44.3 Å². The van der Waals surface area contributed by atoms with Crippen molar-refractivity contribution in [3.63, 3.8) is 0 Å². The number of halogens is 1. The maximum absolute atomic E-state index is 13.9. The fraction of sp³-hybridized carbons (Fsp3) is 0.370. The van der Waals surface area contributed by atoms with Crippen LogP contribution in [-0.4, -0.2) is 33.3 Å². The van der Waals surface area contributed by atoms with Gasteiger partial charge in [0.2, 0.25) is 5.95 Å². The van der Waals surface area contributed by atoms with Crippen LogP contribution in [0.2, 0.25) is 0 Å². The number of benzene rings is 2. The Hall–Kier alpha value is -3.52. The summed E-state index contributed by atoms with van der Waals surface area (Å²) in [5, 5.41) is 7.96. The number of aromatic nitrogens is 4. The fourth-order valence-corrected chi connectivity index (χ4v) is 6.47. The Bertz CT molecular complexity index is 1510. The van der Waals surface area contributed by atoms with Crippen LogP contribution in [0.5, 0.6) is 0 Å². The zero-order valence-corrected chi connectivity index (χ0v) is 19.4. The molecule has 1 saturated carbocycles. The molecule has 3 aliphatic rings. The number of H-pyrrole nitrogens is 2. The summed E-state index contributed by atoms with van der Waals surface area (Å²) in [7, 11) is 0. The van der Waals surface area contributed by atoms with Crippen LogP contribution >= 0.6 is 0 Å². The van der Waals surface area contributed by atoms with Crippen LogP contribution in [0.15, 0.2) is 53.3 Å². The number of nitrogens with one attached hydrogen (secondary N) is 2. The summed E-state index contributed by atoms with van der Waals surface area (Å²) >= 11 is 0. The molecule has 2 fully saturated rings. The Morgan fingerprint density at radius 1 is 1.06 bits per heavy atom. The molecule has 7 rings (SSSR count). The molecule has 4 N–H and O–H groups in total. The van der Waals surface area contributed by atoms with Gasteiger partial charge in [-0.15, -0.1) is 0 Å². The molecule has 0 radical (unpaired) electrons. The Morgan fingerprint density at radius 2 is 1.86 bits per heavy atom. The molecule has 2 aromatic carbocycles. The SMILES string of the molecule is N[C@@H]1c2ccccc2CC12CCN(c1nc3[nH]nc(C4(c5cccc(F)c5)CC4)c3c(=O)[nH]1)CC2. The van der Waals surface area contributed by atoms with Gasteiger partial charge in [-0.25, -0.2) is 4.39 Å². The van der Waals surface area contributed by atoms with Crippen molar-refractivity contribution < 1.29 is 4.39 Å². The normalized spacial score (nSPS) is 22.0. The van der Waals surface area contributed by atoms with E-state index in [9.17, 15) is 9.18 Å². The second kappa shape index (κ2) is 7.24. The van der Waals surface area contributed by atoms with Gasteiger partial charge in [0.15, 0.2) is 5.65 Å². The van der Waals surface area contributed by atoms with Crippen LogP contribution in [0.1, 0.15) is 54.1 Å². The van der Waals surface area contributed by atoms with E-state index in [1.54, 1.807) is 12.1 Å². The predicted molar refractivity (Wildman–Crippen MR) is 132 cm³/mol. The molecule has 1 spiro atoms. The van der Waals surface area contributed by atoms with Crippen LogP contribution in [0.25, 0.3) is 11.0 Å². The molecule has 0 amide bonds. The zero-order chi connectivity index (χ0) is 23.8. The molecule has 2 aliphatic carbocycles. The van der Waals surface area contributed by atoms with E-state index >= 15 is 0 Å². The van der Waals surface area contributed by atoms with Crippen molar-refractivity contribution in [2.45, 2.75) is 43.6 Å². The first-order valence-corrected chi connectivity index (χ1v) is 12.3. The highest BCUT2D eigenvalue weighted by Gasteiger charge is 2.50. The Morgan fingerprint density at radius 3 is 2.60 bits per heavy atom. The highest BCUT2D eigenvalue weighted by molar-refractivity contribution is 5.80. The van der Waals surface area contributed by atoms with Crippen molar-refractivity contribution >= 4 is 17.0 Å². The lowest BCUT2D eigenvalue weighted by atomic mass is 9.73. The van der Waals surface area contributed by atoms with Crippen molar-refractivity contribution in [2.24, 2.45) is 11.1 Å². The summed E-state index contributed by atoms with van der Waals surface area (Å²) in [6.07, 6.45) is 4.55. The Balaban J connectivity index is 1.17. The van der Waals surface area contributed by atoms with Gasteiger partial charge in [0.1, 0.15) is 11.2 Å². The Kier molecular flexibility index (Phi) is 4.31.